The number of H-pyrrole nitrogens is 1. The van der Waals surface area contributed by atoms with Gasteiger partial charge in [0.2, 0.25) is 0 Å². The SMILES string of the molecule is Cc1cc(SC2=C(O)CC(CCc3cccc4[nH]ncc34)(C(C)C)OC2=O)c(C(C)(C)C)cc1CO. The first-order valence-corrected chi connectivity index (χ1v) is 13.3. The number of fused-ring (bicyclic) bond motifs is 1. The predicted molar refractivity (Wildman–Crippen MR) is 144 cm³/mol. The van der Waals surface area contributed by atoms with Crippen molar-refractivity contribution >= 4 is 28.6 Å². The monoisotopic (exact) mass is 508 g/mol. The summed E-state index contributed by atoms with van der Waals surface area (Å²) in [5.74, 6) is -0.382. The molecule has 0 saturated heterocycles. The molecule has 1 atom stereocenters. The summed E-state index contributed by atoms with van der Waals surface area (Å²) < 4.78 is 6.17. The standard InChI is InChI=1S/C29H36N2O4S/c1-17(2)29(11-10-19-8-7-9-23-21(19)15-30-31-23)14-24(33)26(27(34)35-29)36-25-12-18(3)20(16-32)13-22(25)28(4,5)6/h7-9,12-13,15,17,32-33H,10-11,14,16H2,1-6H3,(H,30,31). The number of aromatic nitrogens is 2. The van der Waals surface area contributed by atoms with Crippen molar-refractivity contribution in [3.63, 3.8) is 0 Å². The van der Waals surface area contributed by atoms with Gasteiger partial charge in [0, 0.05) is 16.7 Å². The van der Waals surface area contributed by atoms with Crippen molar-refractivity contribution in [2.45, 2.75) is 83.3 Å². The van der Waals surface area contributed by atoms with Gasteiger partial charge in [-0.3, -0.25) is 5.10 Å². The van der Waals surface area contributed by atoms with Gasteiger partial charge in [-0.25, -0.2) is 4.79 Å². The van der Waals surface area contributed by atoms with Crippen molar-refractivity contribution in [1.82, 2.24) is 10.2 Å². The zero-order chi connectivity index (χ0) is 26.3. The Morgan fingerprint density at radius 3 is 2.61 bits per heavy atom. The van der Waals surface area contributed by atoms with E-state index in [4.69, 9.17) is 4.74 Å². The van der Waals surface area contributed by atoms with Crippen molar-refractivity contribution in [2.24, 2.45) is 5.92 Å². The van der Waals surface area contributed by atoms with Crippen LogP contribution in [-0.4, -0.2) is 32.0 Å². The van der Waals surface area contributed by atoms with Gasteiger partial charge in [0.1, 0.15) is 16.3 Å². The Labute approximate surface area is 217 Å². The van der Waals surface area contributed by atoms with E-state index in [1.54, 1.807) is 0 Å². The molecule has 0 saturated carbocycles. The third-order valence-corrected chi connectivity index (χ3v) is 8.45. The summed E-state index contributed by atoms with van der Waals surface area (Å²) in [6.07, 6.45) is 3.40. The van der Waals surface area contributed by atoms with Gasteiger partial charge in [0.25, 0.3) is 0 Å². The second kappa shape index (κ2) is 9.94. The molecule has 7 heteroatoms. The number of benzene rings is 2. The number of nitrogens with one attached hydrogen (secondary N) is 1. The number of cyclic esters (lactones) is 1. The van der Waals surface area contributed by atoms with Crippen molar-refractivity contribution in [2.75, 3.05) is 0 Å². The molecule has 1 aromatic heterocycles. The number of hydrogen-bond donors (Lipinski definition) is 3. The van der Waals surface area contributed by atoms with Gasteiger partial charge >= 0.3 is 5.97 Å². The molecule has 3 aromatic rings. The zero-order valence-electron chi connectivity index (χ0n) is 21.9. The van der Waals surface area contributed by atoms with Crippen LogP contribution < -0.4 is 0 Å². The van der Waals surface area contributed by atoms with Crippen LogP contribution in [0.5, 0.6) is 0 Å². The Hall–Kier alpha value is -2.77. The summed E-state index contributed by atoms with van der Waals surface area (Å²) in [5, 5.41) is 29.2. The summed E-state index contributed by atoms with van der Waals surface area (Å²) >= 11 is 1.26. The number of rotatable bonds is 7. The first kappa shape index (κ1) is 26.3. The van der Waals surface area contributed by atoms with Crippen LogP contribution >= 0.6 is 11.8 Å². The molecule has 6 nitrogen and oxygen atoms in total. The van der Waals surface area contributed by atoms with Gasteiger partial charge in [-0.15, -0.1) is 0 Å². The zero-order valence-corrected chi connectivity index (χ0v) is 22.8. The maximum absolute atomic E-state index is 13.4. The molecule has 36 heavy (non-hydrogen) atoms. The molecule has 2 aromatic carbocycles. The molecule has 192 valence electrons. The molecule has 4 rings (SSSR count). The third kappa shape index (κ3) is 5.04. The first-order chi connectivity index (χ1) is 16.9. The fourth-order valence-corrected chi connectivity index (χ4v) is 6.12. The van der Waals surface area contributed by atoms with Crippen LogP contribution in [-0.2, 0) is 28.0 Å². The van der Waals surface area contributed by atoms with Crippen molar-refractivity contribution in [3.8, 4) is 0 Å². The number of carbonyl (C=O) groups excluding carboxylic acids is 1. The molecular formula is C29H36N2O4S. The molecule has 0 aliphatic carbocycles. The van der Waals surface area contributed by atoms with Gasteiger partial charge in [-0.1, -0.05) is 64.6 Å². The number of ether oxygens (including phenoxy) is 1. The molecule has 0 amide bonds. The molecule has 0 bridgehead atoms. The number of thioether (sulfide) groups is 1. The van der Waals surface area contributed by atoms with Gasteiger partial charge < -0.3 is 14.9 Å². The smallest absolute Gasteiger partial charge is 0.349 e. The van der Waals surface area contributed by atoms with Crippen LogP contribution in [0.4, 0.5) is 0 Å². The molecule has 0 radical (unpaired) electrons. The molecule has 0 fully saturated rings. The largest absolute Gasteiger partial charge is 0.511 e. The number of esters is 1. The van der Waals surface area contributed by atoms with E-state index in [2.05, 4.69) is 37.0 Å². The number of aliphatic hydroxyl groups is 2. The highest BCUT2D eigenvalue weighted by atomic mass is 32.2. The lowest BCUT2D eigenvalue weighted by molar-refractivity contribution is -0.164. The second-order valence-electron chi connectivity index (χ2n) is 11.1. The molecule has 2 heterocycles. The fourth-order valence-electron chi connectivity index (χ4n) is 4.87. The molecular weight excluding hydrogens is 472 g/mol. The summed E-state index contributed by atoms with van der Waals surface area (Å²) in [6, 6.07) is 10.0. The first-order valence-electron chi connectivity index (χ1n) is 12.4. The van der Waals surface area contributed by atoms with Crippen LogP contribution in [0.25, 0.3) is 10.9 Å². The van der Waals surface area contributed by atoms with E-state index in [1.165, 1.54) is 11.8 Å². The maximum Gasteiger partial charge on any atom is 0.349 e. The summed E-state index contributed by atoms with van der Waals surface area (Å²) in [7, 11) is 0. The fraction of sp³-hybridized carbons (Fsp3) is 0.448. The van der Waals surface area contributed by atoms with Crippen LogP contribution in [0.2, 0.25) is 0 Å². The number of aryl methyl sites for hydroxylation is 2. The lowest BCUT2D eigenvalue weighted by Crippen LogP contribution is -2.44. The van der Waals surface area contributed by atoms with E-state index in [9.17, 15) is 15.0 Å². The molecule has 1 unspecified atom stereocenters. The van der Waals surface area contributed by atoms with Crippen molar-refractivity contribution in [1.29, 1.82) is 0 Å². The van der Waals surface area contributed by atoms with Gasteiger partial charge in [-0.2, -0.15) is 5.10 Å². The van der Waals surface area contributed by atoms with Crippen LogP contribution in [0.1, 0.15) is 69.7 Å². The van der Waals surface area contributed by atoms with Crippen LogP contribution in [0.3, 0.4) is 0 Å². The Bertz CT molecular complexity index is 1320. The Morgan fingerprint density at radius 1 is 1.22 bits per heavy atom. The highest BCUT2D eigenvalue weighted by molar-refractivity contribution is 8.04. The van der Waals surface area contributed by atoms with E-state index in [0.29, 0.717) is 12.8 Å². The molecule has 1 aliphatic rings. The third-order valence-electron chi connectivity index (χ3n) is 7.28. The molecule has 3 N–H and O–H groups in total. The Kier molecular flexibility index (Phi) is 7.26. The van der Waals surface area contributed by atoms with E-state index in [0.717, 1.165) is 38.1 Å². The van der Waals surface area contributed by atoms with Gasteiger partial charge in [0.15, 0.2) is 0 Å². The second-order valence-corrected chi connectivity index (χ2v) is 12.1. The number of aliphatic hydroxyl groups excluding tert-OH is 2. The number of nitrogens with zero attached hydrogens (tertiary/aromatic N) is 1. The van der Waals surface area contributed by atoms with Crippen LogP contribution in [0.15, 0.2) is 52.1 Å². The minimum Gasteiger partial charge on any atom is -0.511 e. The van der Waals surface area contributed by atoms with E-state index in [-0.39, 0.29) is 35.0 Å². The van der Waals surface area contributed by atoms with Gasteiger partial charge in [-0.05, 0) is 65.5 Å². The predicted octanol–water partition coefficient (Wildman–Crippen LogP) is 6.50. The minimum absolute atomic E-state index is 0.0231. The Morgan fingerprint density at radius 2 is 1.97 bits per heavy atom. The Balaban J connectivity index is 1.64. The minimum atomic E-state index is -0.791. The van der Waals surface area contributed by atoms with Crippen molar-refractivity contribution < 1.29 is 19.7 Å². The van der Waals surface area contributed by atoms with Crippen molar-refractivity contribution in [3.05, 3.63) is 69.4 Å². The summed E-state index contributed by atoms with van der Waals surface area (Å²) in [6.45, 7) is 12.3. The summed E-state index contributed by atoms with van der Waals surface area (Å²) in [5.41, 5.74) is 3.94. The summed E-state index contributed by atoms with van der Waals surface area (Å²) in [4.78, 5) is 14.5. The lowest BCUT2D eigenvalue weighted by Gasteiger charge is -2.40. The number of hydrogen-bond acceptors (Lipinski definition) is 6. The van der Waals surface area contributed by atoms with Crippen LogP contribution in [0, 0.1) is 12.8 Å². The highest BCUT2D eigenvalue weighted by Crippen LogP contribution is 2.45. The average molecular weight is 509 g/mol. The van der Waals surface area contributed by atoms with E-state index >= 15 is 0 Å². The number of aromatic amines is 1. The normalized spacial score (nSPS) is 18.8. The lowest BCUT2D eigenvalue weighted by atomic mass is 9.80. The highest BCUT2D eigenvalue weighted by Gasteiger charge is 2.44. The topological polar surface area (TPSA) is 95.4 Å². The van der Waals surface area contributed by atoms with E-state index in [1.807, 2.05) is 51.2 Å². The van der Waals surface area contributed by atoms with E-state index < -0.39 is 11.6 Å². The van der Waals surface area contributed by atoms with Gasteiger partial charge in [0.05, 0.1) is 18.3 Å². The average Bonchev–Trinajstić information content (AvgIpc) is 3.29. The maximum atomic E-state index is 13.4. The number of carbonyl (C=O) groups is 1. The molecule has 0 spiro atoms. The molecule has 1 aliphatic heterocycles. The quantitative estimate of drug-likeness (QED) is 0.315.